The average molecular weight is 208 g/mol. The van der Waals surface area contributed by atoms with Crippen LogP contribution in [0.4, 0.5) is 0 Å². The SMILES string of the molecule is CC1Cc2ccccc2-c2ccccc2C1. The third-order valence-electron chi connectivity index (χ3n) is 3.46. The lowest BCUT2D eigenvalue weighted by Crippen LogP contribution is -2.00. The fourth-order valence-electron chi connectivity index (χ4n) is 2.75. The number of rotatable bonds is 0. The lowest BCUT2D eigenvalue weighted by molar-refractivity contribution is 0.584. The zero-order chi connectivity index (χ0) is 11.0. The van der Waals surface area contributed by atoms with E-state index in [2.05, 4.69) is 55.5 Å². The van der Waals surface area contributed by atoms with Crippen LogP contribution in [0.2, 0.25) is 0 Å². The van der Waals surface area contributed by atoms with Gasteiger partial charge in [-0.25, -0.2) is 0 Å². The molecule has 0 saturated carbocycles. The molecule has 1 aliphatic carbocycles. The number of hydrogen-bond acceptors (Lipinski definition) is 0. The second-order valence-corrected chi connectivity index (χ2v) is 4.83. The Balaban J connectivity index is 2.26. The van der Waals surface area contributed by atoms with Crippen molar-refractivity contribution in [3.05, 3.63) is 59.7 Å². The highest BCUT2D eigenvalue weighted by Crippen LogP contribution is 2.33. The Morgan fingerprint density at radius 2 is 1.19 bits per heavy atom. The Kier molecular flexibility index (Phi) is 2.28. The highest BCUT2D eigenvalue weighted by atomic mass is 14.2. The van der Waals surface area contributed by atoms with Gasteiger partial charge in [-0.05, 0) is 41.0 Å². The highest BCUT2D eigenvalue weighted by molar-refractivity contribution is 5.71. The summed E-state index contributed by atoms with van der Waals surface area (Å²) in [6.45, 7) is 2.35. The topological polar surface area (TPSA) is 0 Å². The van der Waals surface area contributed by atoms with Crippen LogP contribution >= 0.6 is 0 Å². The molecule has 0 atom stereocenters. The maximum atomic E-state index is 2.35. The Morgan fingerprint density at radius 1 is 0.750 bits per heavy atom. The van der Waals surface area contributed by atoms with Crippen molar-refractivity contribution >= 4 is 0 Å². The quantitative estimate of drug-likeness (QED) is 0.611. The Hall–Kier alpha value is -1.56. The fraction of sp³-hybridized carbons (Fsp3) is 0.250. The molecular formula is C16H16. The zero-order valence-corrected chi connectivity index (χ0v) is 9.61. The molecule has 0 N–H and O–H groups in total. The first-order valence-electron chi connectivity index (χ1n) is 6.01. The third-order valence-corrected chi connectivity index (χ3v) is 3.46. The molecule has 0 radical (unpaired) electrons. The van der Waals surface area contributed by atoms with Gasteiger partial charge < -0.3 is 0 Å². The van der Waals surface area contributed by atoms with E-state index >= 15 is 0 Å². The van der Waals surface area contributed by atoms with Crippen LogP contribution in [0.15, 0.2) is 48.5 Å². The van der Waals surface area contributed by atoms with Gasteiger partial charge in [0.25, 0.3) is 0 Å². The van der Waals surface area contributed by atoms with Crippen molar-refractivity contribution in [3.8, 4) is 11.1 Å². The first-order chi connectivity index (χ1) is 7.84. The molecule has 0 amide bonds. The molecule has 2 aromatic carbocycles. The van der Waals surface area contributed by atoms with E-state index in [4.69, 9.17) is 0 Å². The maximum absolute atomic E-state index is 2.35. The van der Waals surface area contributed by atoms with Crippen molar-refractivity contribution in [3.63, 3.8) is 0 Å². The molecule has 0 aliphatic heterocycles. The highest BCUT2D eigenvalue weighted by Gasteiger charge is 2.17. The van der Waals surface area contributed by atoms with Crippen LogP contribution in [0.5, 0.6) is 0 Å². The monoisotopic (exact) mass is 208 g/mol. The number of fused-ring (bicyclic) bond motifs is 3. The van der Waals surface area contributed by atoms with E-state index in [1.54, 1.807) is 0 Å². The Bertz CT molecular complexity index is 463. The minimum Gasteiger partial charge on any atom is -0.0620 e. The Morgan fingerprint density at radius 3 is 1.69 bits per heavy atom. The van der Waals surface area contributed by atoms with Gasteiger partial charge >= 0.3 is 0 Å². The third kappa shape index (κ3) is 1.55. The van der Waals surface area contributed by atoms with E-state index in [-0.39, 0.29) is 0 Å². The summed E-state index contributed by atoms with van der Waals surface area (Å²) in [7, 11) is 0. The van der Waals surface area contributed by atoms with Crippen molar-refractivity contribution in [2.45, 2.75) is 19.8 Å². The largest absolute Gasteiger partial charge is 0.0620 e. The second kappa shape index (κ2) is 3.79. The molecule has 16 heavy (non-hydrogen) atoms. The molecule has 3 rings (SSSR count). The summed E-state index contributed by atoms with van der Waals surface area (Å²) < 4.78 is 0. The zero-order valence-electron chi connectivity index (χ0n) is 9.61. The van der Waals surface area contributed by atoms with Crippen molar-refractivity contribution < 1.29 is 0 Å². The van der Waals surface area contributed by atoms with Gasteiger partial charge in [-0.2, -0.15) is 0 Å². The van der Waals surface area contributed by atoms with Gasteiger partial charge in [-0.1, -0.05) is 55.5 Å². The van der Waals surface area contributed by atoms with E-state index in [1.165, 1.54) is 35.1 Å². The van der Waals surface area contributed by atoms with Crippen LogP contribution in [0.3, 0.4) is 0 Å². The molecule has 0 fully saturated rings. The smallest absolute Gasteiger partial charge is 0.0149 e. The molecule has 0 spiro atoms. The van der Waals surface area contributed by atoms with Gasteiger partial charge in [-0.3, -0.25) is 0 Å². The van der Waals surface area contributed by atoms with E-state index < -0.39 is 0 Å². The van der Waals surface area contributed by atoms with Crippen LogP contribution in [-0.2, 0) is 12.8 Å². The number of hydrogen-bond donors (Lipinski definition) is 0. The van der Waals surface area contributed by atoms with Gasteiger partial charge in [0.1, 0.15) is 0 Å². The van der Waals surface area contributed by atoms with Crippen LogP contribution in [0, 0.1) is 5.92 Å². The summed E-state index contributed by atoms with van der Waals surface area (Å²) in [5.74, 6) is 0.741. The van der Waals surface area contributed by atoms with Gasteiger partial charge in [0.2, 0.25) is 0 Å². The molecule has 0 unspecified atom stereocenters. The second-order valence-electron chi connectivity index (χ2n) is 4.83. The van der Waals surface area contributed by atoms with Gasteiger partial charge in [0.15, 0.2) is 0 Å². The summed E-state index contributed by atoms with van der Waals surface area (Å²) in [5, 5.41) is 0. The molecule has 0 saturated heterocycles. The van der Waals surface area contributed by atoms with Gasteiger partial charge in [0, 0.05) is 0 Å². The molecule has 2 aromatic rings. The van der Waals surface area contributed by atoms with Crippen LogP contribution < -0.4 is 0 Å². The standard InChI is InChI=1S/C16H16/c1-12-10-13-6-2-4-8-15(13)16-9-5-3-7-14(16)11-12/h2-9,12H,10-11H2,1H3. The van der Waals surface area contributed by atoms with Crippen LogP contribution in [0.25, 0.3) is 11.1 Å². The minimum absolute atomic E-state index is 0.741. The number of benzene rings is 2. The first-order valence-corrected chi connectivity index (χ1v) is 6.01. The average Bonchev–Trinajstić information content (AvgIpc) is 2.44. The molecule has 80 valence electrons. The van der Waals surface area contributed by atoms with Crippen molar-refractivity contribution in [2.24, 2.45) is 5.92 Å². The molecule has 1 aliphatic rings. The Labute approximate surface area is 96.9 Å². The summed E-state index contributed by atoms with van der Waals surface area (Å²) >= 11 is 0. The predicted molar refractivity (Wildman–Crippen MR) is 68.5 cm³/mol. The van der Waals surface area contributed by atoms with Crippen molar-refractivity contribution in [1.82, 2.24) is 0 Å². The molecule has 0 heteroatoms. The van der Waals surface area contributed by atoms with Crippen molar-refractivity contribution in [2.75, 3.05) is 0 Å². The lowest BCUT2D eigenvalue weighted by Gasteiger charge is -2.08. The normalized spacial score (nSPS) is 15.1. The van der Waals surface area contributed by atoms with Crippen LogP contribution in [0.1, 0.15) is 18.1 Å². The molecule has 0 aromatic heterocycles. The maximum Gasteiger partial charge on any atom is -0.0149 e. The minimum atomic E-state index is 0.741. The van der Waals surface area contributed by atoms with E-state index in [1.807, 2.05) is 0 Å². The lowest BCUT2D eigenvalue weighted by atomic mass is 9.97. The summed E-state index contributed by atoms with van der Waals surface area (Å²) in [4.78, 5) is 0. The van der Waals surface area contributed by atoms with Crippen molar-refractivity contribution in [1.29, 1.82) is 0 Å². The first kappa shape index (κ1) is 9.65. The van der Waals surface area contributed by atoms with E-state index in [0.29, 0.717) is 0 Å². The van der Waals surface area contributed by atoms with E-state index in [0.717, 1.165) is 5.92 Å². The van der Waals surface area contributed by atoms with E-state index in [9.17, 15) is 0 Å². The molecule has 0 nitrogen and oxygen atoms in total. The molecule has 0 heterocycles. The summed E-state index contributed by atoms with van der Waals surface area (Å²) in [6, 6.07) is 17.6. The summed E-state index contributed by atoms with van der Waals surface area (Å²) in [5.41, 5.74) is 5.87. The summed E-state index contributed by atoms with van der Waals surface area (Å²) in [6.07, 6.45) is 2.40. The molecular weight excluding hydrogens is 192 g/mol. The van der Waals surface area contributed by atoms with Crippen LogP contribution in [-0.4, -0.2) is 0 Å². The van der Waals surface area contributed by atoms with Gasteiger partial charge in [0.05, 0.1) is 0 Å². The van der Waals surface area contributed by atoms with Gasteiger partial charge in [-0.15, -0.1) is 0 Å². The molecule has 0 bridgehead atoms. The predicted octanol–water partition coefficient (Wildman–Crippen LogP) is 4.09. The fourth-order valence-corrected chi connectivity index (χ4v) is 2.75.